The highest BCUT2D eigenvalue weighted by Gasteiger charge is 2.26. The third kappa shape index (κ3) is 4.49. The molecule has 1 heterocycles. The van der Waals surface area contributed by atoms with Crippen LogP contribution >= 0.6 is 15.9 Å². The van der Waals surface area contributed by atoms with Gasteiger partial charge < -0.3 is 0 Å². The van der Waals surface area contributed by atoms with E-state index in [0.717, 1.165) is 19.9 Å². The van der Waals surface area contributed by atoms with Gasteiger partial charge in [-0.1, -0.05) is 6.07 Å². The summed E-state index contributed by atoms with van der Waals surface area (Å²) < 4.78 is 27.4. The summed E-state index contributed by atoms with van der Waals surface area (Å²) in [6.45, 7) is 5.73. The molecule has 1 amide bonds. The first-order valence-corrected chi connectivity index (χ1v) is 10.4. The van der Waals surface area contributed by atoms with E-state index in [2.05, 4.69) is 20.9 Å². The summed E-state index contributed by atoms with van der Waals surface area (Å²) in [4.78, 5) is 18.5. The highest BCUT2D eigenvalue weighted by atomic mass is 79.9. The second-order valence-electron chi connectivity index (χ2n) is 5.98. The molecule has 0 aliphatic carbocycles. The molecule has 26 heavy (non-hydrogen) atoms. The van der Waals surface area contributed by atoms with E-state index in [-0.39, 0.29) is 17.3 Å². The van der Waals surface area contributed by atoms with Gasteiger partial charge in [0.05, 0.1) is 11.4 Å². The van der Waals surface area contributed by atoms with Crippen LogP contribution in [0.15, 0.2) is 45.9 Å². The highest BCUT2D eigenvalue weighted by Crippen LogP contribution is 2.19. The lowest BCUT2D eigenvalue weighted by molar-refractivity contribution is -0.118. The van der Waals surface area contributed by atoms with E-state index in [4.69, 9.17) is 0 Å². The van der Waals surface area contributed by atoms with Gasteiger partial charge in [0.1, 0.15) is 5.82 Å². The molecule has 0 aliphatic rings. The van der Waals surface area contributed by atoms with Crippen LogP contribution < -0.4 is 4.90 Å². The number of nitrogens with zero attached hydrogens (tertiary/aromatic N) is 3. The molecule has 0 atom stereocenters. The topological polar surface area (TPSA) is 70.6 Å². The summed E-state index contributed by atoms with van der Waals surface area (Å²) in [6, 6.07) is 8.45. The first kappa shape index (κ1) is 20.5. The van der Waals surface area contributed by atoms with Crippen molar-refractivity contribution in [2.24, 2.45) is 0 Å². The molecule has 2 rings (SSSR count). The molecule has 1 aromatic carbocycles. The Hall–Kier alpha value is -1.77. The van der Waals surface area contributed by atoms with Crippen LogP contribution in [-0.4, -0.2) is 43.8 Å². The number of hydrogen-bond acceptors (Lipinski definition) is 4. The summed E-state index contributed by atoms with van der Waals surface area (Å²) in [5.74, 6) is 0.148. The highest BCUT2D eigenvalue weighted by molar-refractivity contribution is 9.10. The molecule has 6 nitrogen and oxygen atoms in total. The third-order valence-corrected chi connectivity index (χ3v) is 6.42. The quantitative estimate of drug-likeness (QED) is 0.692. The van der Waals surface area contributed by atoms with Crippen molar-refractivity contribution in [2.45, 2.75) is 25.7 Å². The minimum atomic E-state index is -3.75. The largest absolute Gasteiger partial charge is 0.296 e. The van der Waals surface area contributed by atoms with Gasteiger partial charge in [-0.2, -0.15) is 4.31 Å². The number of aryl methyl sites for hydroxylation is 2. The molecule has 0 spiro atoms. The van der Waals surface area contributed by atoms with Crippen molar-refractivity contribution in [3.63, 3.8) is 0 Å². The number of pyridine rings is 1. The zero-order chi connectivity index (χ0) is 19.5. The Balaban J connectivity index is 2.20. The fraction of sp³-hybridized carbons (Fsp3) is 0.333. The average molecular weight is 440 g/mol. The van der Waals surface area contributed by atoms with Crippen molar-refractivity contribution in [3.05, 3.63) is 52.1 Å². The number of sulfonamides is 1. The Morgan fingerprint density at radius 3 is 2.38 bits per heavy atom. The van der Waals surface area contributed by atoms with E-state index < -0.39 is 10.0 Å². The van der Waals surface area contributed by atoms with Crippen molar-refractivity contribution in [2.75, 3.05) is 25.0 Å². The minimum absolute atomic E-state index is 0.181. The number of halogens is 1. The Morgan fingerprint density at radius 1 is 1.15 bits per heavy atom. The lowest BCUT2D eigenvalue weighted by atomic mass is 10.1. The average Bonchev–Trinajstić information content (AvgIpc) is 2.59. The SMILES string of the molecule is CCN(C(=O)CN(C)S(=O)(=O)c1ccc(C)c(C)c1)c1ccc(Br)cn1. The number of hydrogen-bond donors (Lipinski definition) is 0. The van der Waals surface area contributed by atoms with Crippen LogP contribution in [0.4, 0.5) is 5.82 Å². The van der Waals surface area contributed by atoms with Gasteiger partial charge in [0.2, 0.25) is 15.9 Å². The maximum Gasteiger partial charge on any atom is 0.243 e. The van der Waals surface area contributed by atoms with Gasteiger partial charge in [0.25, 0.3) is 0 Å². The lowest BCUT2D eigenvalue weighted by Crippen LogP contribution is -2.41. The molecule has 1 aromatic heterocycles. The van der Waals surface area contributed by atoms with Crippen molar-refractivity contribution in [1.29, 1.82) is 0 Å². The smallest absolute Gasteiger partial charge is 0.243 e. The fourth-order valence-corrected chi connectivity index (χ4v) is 3.85. The van der Waals surface area contributed by atoms with Gasteiger partial charge in [-0.25, -0.2) is 13.4 Å². The van der Waals surface area contributed by atoms with Crippen molar-refractivity contribution < 1.29 is 13.2 Å². The number of carbonyl (C=O) groups excluding carboxylic acids is 1. The van der Waals surface area contributed by atoms with Gasteiger partial charge in [-0.15, -0.1) is 0 Å². The number of likely N-dealkylation sites (N-methyl/N-ethyl adjacent to an activating group) is 2. The zero-order valence-corrected chi connectivity index (χ0v) is 17.6. The fourth-order valence-electron chi connectivity index (χ4n) is 2.41. The number of benzene rings is 1. The summed E-state index contributed by atoms with van der Waals surface area (Å²) in [6.07, 6.45) is 1.60. The standard InChI is InChI=1S/C18H22BrN3O3S/c1-5-22(17-9-7-15(19)11-20-17)18(23)12-21(4)26(24,25)16-8-6-13(2)14(3)10-16/h6-11H,5,12H2,1-4H3. The number of rotatable bonds is 6. The molecule has 0 unspecified atom stereocenters. The Bertz CT molecular complexity index is 898. The van der Waals surface area contributed by atoms with Crippen molar-refractivity contribution in [3.8, 4) is 0 Å². The number of carbonyl (C=O) groups is 1. The Kier molecular flexibility index (Phi) is 6.54. The molecule has 2 aromatic rings. The van der Waals surface area contributed by atoms with Crippen LogP contribution in [-0.2, 0) is 14.8 Å². The first-order valence-electron chi connectivity index (χ1n) is 8.12. The van der Waals surface area contributed by atoms with E-state index in [1.54, 1.807) is 36.5 Å². The predicted molar refractivity (Wildman–Crippen MR) is 106 cm³/mol. The van der Waals surface area contributed by atoms with Crippen LogP contribution in [0.2, 0.25) is 0 Å². The molecule has 0 saturated heterocycles. The molecule has 140 valence electrons. The molecule has 0 bridgehead atoms. The molecule has 0 N–H and O–H groups in total. The van der Waals surface area contributed by atoms with E-state index in [1.807, 2.05) is 20.8 Å². The van der Waals surface area contributed by atoms with Crippen LogP contribution in [0.1, 0.15) is 18.1 Å². The first-order chi connectivity index (χ1) is 12.2. The van der Waals surface area contributed by atoms with E-state index >= 15 is 0 Å². The Morgan fingerprint density at radius 2 is 1.85 bits per heavy atom. The summed E-state index contributed by atoms with van der Waals surface area (Å²) in [7, 11) is -2.34. The van der Waals surface area contributed by atoms with Crippen LogP contribution in [0.5, 0.6) is 0 Å². The van der Waals surface area contributed by atoms with Gasteiger partial charge in [0, 0.05) is 24.3 Å². The van der Waals surface area contributed by atoms with Crippen LogP contribution in [0.25, 0.3) is 0 Å². The molecule has 0 aliphatic heterocycles. The monoisotopic (exact) mass is 439 g/mol. The van der Waals surface area contributed by atoms with Crippen LogP contribution in [0, 0.1) is 13.8 Å². The molecule has 0 fully saturated rings. The third-order valence-electron chi connectivity index (χ3n) is 4.15. The van der Waals surface area contributed by atoms with E-state index in [1.165, 1.54) is 11.9 Å². The normalized spacial score (nSPS) is 11.6. The predicted octanol–water partition coefficient (Wildman–Crippen LogP) is 3.13. The molecule has 0 saturated carbocycles. The van der Waals surface area contributed by atoms with Crippen molar-refractivity contribution in [1.82, 2.24) is 9.29 Å². The van der Waals surface area contributed by atoms with Gasteiger partial charge >= 0.3 is 0 Å². The lowest BCUT2D eigenvalue weighted by Gasteiger charge is -2.23. The number of aromatic nitrogens is 1. The number of amides is 1. The molecule has 8 heteroatoms. The zero-order valence-electron chi connectivity index (χ0n) is 15.2. The second kappa shape index (κ2) is 8.28. The molecular formula is C18H22BrN3O3S. The van der Waals surface area contributed by atoms with Gasteiger partial charge in [-0.05, 0) is 72.1 Å². The molecular weight excluding hydrogens is 418 g/mol. The van der Waals surface area contributed by atoms with E-state index in [0.29, 0.717) is 12.4 Å². The van der Waals surface area contributed by atoms with Crippen molar-refractivity contribution >= 4 is 37.7 Å². The number of anilines is 1. The summed E-state index contributed by atoms with van der Waals surface area (Å²) in [5.41, 5.74) is 1.90. The van der Waals surface area contributed by atoms with Gasteiger partial charge in [0.15, 0.2) is 0 Å². The second-order valence-corrected chi connectivity index (χ2v) is 8.94. The van der Waals surface area contributed by atoms with E-state index in [9.17, 15) is 13.2 Å². The summed E-state index contributed by atoms with van der Waals surface area (Å²) >= 11 is 3.30. The Labute approximate surface area is 163 Å². The summed E-state index contributed by atoms with van der Waals surface area (Å²) in [5, 5.41) is 0. The minimum Gasteiger partial charge on any atom is -0.296 e. The molecule has 0 radical (unpaired) electrons. The van der Waals surface area contributed by atoms with Gasteiger partial charge in [-0.3, -0.25) is 9.69 Å². The maximum absolute atomic E-state index is 12.8. The van der Waals surface area contributed by atoms with Crippen LogP contribution in [0.3, 0.4) is 0 Å². The maximum atomic E-state index is 12.8.